The van der Waals surface area contributed by atoms with E-state index in [-0.39, 0.29) is 16.5 Å². The number of aromatic nitrogens is 10. The number of nitrogens with zero attached hydrogens (tertiary/aromatic N) is 10. The summed E-state index contributed by atoms with van der Waals surface area (Å²) in [4.78, 5) is 20.2. The summed E-state index contributed by atoms with van der Waals surface area (Å²) in [7, 11) is -0.402. The summed E-state index contributed by atoms with van der Waals surface area (Å²) in [5.41, 5.74) is 16.8. The van der Waals surface area contributed by atoms with Crippen LogP contribution in [0.15, 0.2) is 352 Å². The lowest BCUT2D eigenvalue weighted by atomic mass is 9.77. The summed E-state index contributed by atoms with van der Waals surface area (Å²) >= 11 is 6.54. The summed E-state index contributed by atoms with van der Waals surface area (Å²) in [6.45, 7) is 8.37. The zero-order chi connectivity index (χ0) is 74.9. The first-order chi connectivity index (χ1) is 55.0. The van der Waals surface area contributed by atoms with Gasteiger partial charge in [0.1, 0.15) is 23.3 Å². The summed E-state index contributed by atoms with van der Waals surface area (Å²) < 4.78 is 26.3. The van der Waals surface area contributed by atoms with Gasteiger partial charge >= 0.3 is 7.12 Å². The van der Waals surface area contributed by atoms with Gasteiger partial charge in [0, 0.05) is 93.5 Å². The van der Waals surface area contributed by atoms with Crippen LogP contribution in [0.3, 0.4) is 0 Å². The SMILES string of the molecule is CC1(C)OB(c2ccccc2-n2c3ccccc3c3ccccc32)OC1(C)C.Clc1nc(-n2c3ccccc3c3ccccc32)cc(-n2c3ccccc3c3ccccc32)n1.c1ccc(-n2c3ccccc3c3ccccc32)c(-c2nc(-n3c4ccccc4c4ccccc43)cc(-n3c4ccccc4c4ccccc43)n2)c1. The lowest BCUT2D eigenvalue weighted by molar-refractivity contribution is 0.00578. The summed E-state index contributed by atoms with van der Waals surface area (Å²) in [6, 6.07) is 123. The fourth-order valence-corrected chi connectivity index (χ4v) is 17.3. The van der Waals surface area contributed by atoms with E-state index in [1.54, 1.807) is 0 Å². The molecule has 9 heterocycles. The highest BCUT2D eigenvalue weighted by molar-refractivity contribution is 6.63. The van der Waals surface area contributed by atoms with Crippen molar-refractivity contribution < 1.29 is 9.31 Å². The molecule has 0 bridgehead atoms. The van der Waals surface area contributed by atoms with Gasteiger partial charge in [0.15, 0.2) is 5.82 Å². The van der Waals surface area contributed by atoms with Gasteiger partial charge in [0.05, 0.1) is 83.1 Å². The zero-order valence-corrected chi connectivity index (χ0v) is 62.5. The van der Waals surface area contributed by atoms with Crippen molar-refractivity contribution in [3.8, 4) is 46.0 Å². The number of para-hydroxylation sites is 14. The second kappa shape index (κ2) is 26.3. The van der Waals surface area contributed by atoms with Gasteiger partial charge in [-0.3, -0.25) is 18.3 Å². The van der Waals surface area contributed by atoms with E-state index in [4.69, 9.17) is 30.9 Å². The molecule has 0 aliphatic carbocycles. The molecule has 0 amide bonds. The number of rotatable bonds is 8. The Morgan fingerprint density at radius 3 is 0.723 bits per heavy atom. The highest BCUT2D eigenvalue weighted by Crippen LogP contribution is 2.43. The highest BCUT2D eigenvalue weighted by atomic mass is 35.5. The number of fused-ring (bicyclic) bond motifs is 18. The molecule has 1 saturated heterocycles. The van der Waals surface area contributed by atoms with Crippen LogP contribution >= 0.6 is 11.6 Å². The minimum Gasteiger partial charge on any atom is -0.399 e. The van der Waals surface area contributed by atoms with E-state index in [1.807, 2.05) is 30.3 Å². The first-order valence-electron chi connectivity index (χ1n) is 37.9. The van der Waals surface area contributed by atoms with Crippen LogP contribution in [0.25, 0.3) is 177 Å². The normalized spacial score (nSPS) is 13.5. The largest absolute Gasteiger partial charge is 0.496 e. The molecule has 0 radical (unpaired) electrons. The fourth-order valence-electron chi connectivity index (χ4n) is 17.2. The quantitative estimate of drug-likeness (QED) is 0.111. The molecule has 112 heavy (non-hydrogen) atoms. The summed E-state index contributed by atoms with van der Waals surface area (Å²) in [5, 5.41) is 14.6. The molecule has 534 valence electrons. The molecule has 1 aliphatic rings. The fraction of sp³-hybridized carbons (Fsp3) is 0.0612. The minimum atomic E-state index is -0.402. The van der Waals surface area contributed by atoms with E-state index in [0.717, 1.165) is 101 Å². The van der Waals surface area contributed by atoms with Crippen molar-refractivity contribution in [1.82, 2.24) is 47.3 Å². The van der Waals surface area contributed by atoms with Crippen LogP contribution in [0.5, 0.6) is 0 Å². The van der Waals surface area contributed by atoms with E-state index in [1.165, 1.54) is 75.7 Å². The lowest BCUT2D eigenvalue weighted by Crippen LogP contribution is -2.41. The molecule has 0 atom stereocenters. The van der Waals surface area contributed by atoms with Crippen molar-refractivity contribution in [2.45, 2.75) is 38.9 Å². The Kier molecular flexibility index (Phi) is 15.6. The van der Waals surface area contributed by atoms with E-state index in [9.17, 15) is 0 Å². The molecule has 12 nitrogen and oxygen atoms in total. The predicted octanol–water partition coefficient (Wildman–Crippen LogP) is 23.8. The smallest absolute Gasteiger partial charge is 0.399 e. The van der Waals surface area contributed by atoms with Gasteiger partial charge < -0.3 is 18.4 Å². The Bertz CT molecular complexity index is 6940. The Morgan fingerprint density at radius 1 is 0.241 bits per heavy atom. The zero-order valence-electron chi connectivity index (χ0n) is 61.7. The molecule has 8 aromatic heterocycles. The van der Waals surface area contributed by atoms with Gasteiger partial charge in [-0.05, 0) is 130 Å². The van der Waals surface area contributed by atoms with Crippen molar-refractivity contribution in [3.05, 3.63) is 357 Å². The average Bonchev–Trinajstić information content (AvgIpc) is 1.57. The molecule has 22 aromatic rings. The Morgan fingerprint density at radius 2 is 0.446 bits per heavy atom. The summed E-state index contributed by atoms with van der Waals surface area (Å²) in [6.07, 6.45) is 0. The van der Waals surface area contributed by atoms with Crippen LogP contribution in [0, 0.1) is 0 Å². The highest BCUT2D eigenvalue weighted by Gasteiger charge is 2.52. The number of halogens is 1. The van der Waals surface area contributed by atoms with Crippen LogP contribution in [0.1, 0.15) is 27.7 Å². The molecule has 1 fully saturated rings. The number of hydrogen-bond donors (Lipinski definition) is 0. The molecule has 14 heteroatoms. The monoisotopic (exact) mass is 1460 g/mol. The molecule has 23 rings (SSSR count). The van der Waals surface area contributed by atoms with Gasteiger partial charge in [-0.25, -0.2) is 9.97 Å². The predicted molar refractivity (Wildman–Crippen MR) is 463 cm³/mol. The topological polar surface area (TPSA) is 99.6 Å². The Balaban J connectivity index is 0.000000112. The number of hydrogen-bond acceptors (Lipinski definition) is 6. The maximum absolute atomic E-state index is 6.54. The van der Waals surface area contributed by atoms with E-state index < -0.39 is 7.12 Å². The van der Waals surface area contributed by atoms with Crippen molar-refractivity contribution >= 4 is 155 Å². The van der Waals surface area contributed by atoms with Gasteiger partial charge in [-0.2, -0.15) is 9.97 Å². The molecule has 0 N–H and O–H groups in total. The molecule has 1 aliphatic heterocycles. The Hall–Kier alpha value is -13.7. The Labute approximate surface area is 649 Å². The third-order valence-corrected chi connectivity index (χ3v) is 23.0. The van der Waals surface area contributed by atoms with Crippen LogP contribution < -0.4 is 5.46 Å². The van der Waals surface area contributed by atoms with Gasteiger partial charge in [0.25, 0.3) is 0 Å². The van der Waals surface area contributed by atoms with Gasteiger partial charge in [0.2, 0.25) is 5.28 Å². The molecule has 0 unspecified atom stereocenters. The average molecular weight is 1470 g/mol. The second-order valence-corrected chi connectivity index (χ2v) is 30.0. The molecule has 14 aromatic carbocycles. The van der Waals surface area contributed by atoms with Crippen LogP contribution in [-0.4, -0.2) is 65.7 Å². The first-order valence-corrected chi connectivity index (χ1v) is 38.3. The molecule has 0 saturated carbocycles. The third-order valence-electron chi connectivity index (χ3n) is 22.8. The van der Waals surface area contributed by atoms with Crippen LogP contribution in [0.2, 0.25) is 5.28 Å². The van der Waals surface area contributed by atoms with Crippen molar-refractivity contribution in [3.63, 3.8) is 0 Å². The standard InChI is InChI=1S/C46H29N5.C28H17ClN4.C24H24BNO2/c1-8-22-37-30(15-1)31-16-2-9-23-38(31)49(37)43-28-14-7-21-36(43)46-47-44(50-39-24-10-3-17-32(39)33-18-4-11-25-40(33)50)29-45(48-46)51-41-26-12-5-19-34(41)35-20-6-13-27-42(35)51;29-28-30-26(32-22-13-5-1-9-18(22)19-10-2-6-14-23(19)32)17-27(31-28)33-24-15-7-3-11-20(24)21-12-4-8-16-25(21)33;1-23(2)24(3,4)28-25(27-23)19-13-7-10-16-22(19)26-20-14-8-5-11-17(20)18-12-6-9-15-21(18)26/h1-29H;1-17H;5-16H,1-4H3. The lowest BCUT2D eigenvalue weighted by Gasteiger charge is -2.32. The van der Waals surface area contributed by atoms with Crippen LogP contribution in [0.4, 0.5) is 0 Å². The first kappa shape index (κ1) is 66.5. The van der Waals surface area contributed by atoms with Crippen LogP contribution in [-0.2, 0) is 9.31 Å². The minimum absolute atomic E-state index is 0.214. The van der Waals surface area contributed by atoms with E-state index >= 15 is 0 Å². The molecular formula is C98H70BClN10O2. The maximum Gasteiger partial charge on any atom is 0.496 e. The summed E-state index contributed by atoms with van der Waals surface area (Å²) in [5.74, 6) is 3.76. The number of benzene rings is 14. The molecule has 0 spiro atoms. The van der Waals surface area contributed by atoms with Crippen molar-refractivity contribution in [1.29, 1.82) is 0 Å². The van der Waals surface area contributed by atoms with Gasteiger partial charge in [-0.15, -0.1) is 0 Å². The second-order valence-electron chi connectivity index (χ2n) is 29.6. The maximum atomic E-state index is 6.54. The van der Waals surface area contributed by atoms with Crippen molar-refractivity contribution in [2.75, 3.05) is 0 Å². The third kappa shape index (κ3) is 10.6. The van der Waals surface area contributed by atoms with E-state index in [2.05, 4.69) is 387 Å². The molecular weight excluding hydrogens is 1400 g/mol. The van der Waals surface area contributed by atoms with Gasteiger partial charge in [-0.1, -0.05) is 249 Å². The van der Waals surface area contributed by atoms with E-state index in [0.29, 0.717) is 5.82 Å². The van der Waals surface area contributed by atoms with Crippen molar-refractivity contribution in [2.24, 2.45) is 0 Å².